The van der Waals surface area contributed by atoms with Gasteiger partial charge in [-0.05, 0) is 121 Å². The first-order valence-electron chi connectivity index (χ1n) is 34.8. The molecule has 0 saturated heterocycles. The SMILES string of the molecule is [2H]C([2H])([2H])c1cc(-c2cc(C([2H])(C)C)cc(C([2H])(C)C)c2)ccc1-n1c(-c2cc(C(C([2H])([2H])[2H])(C([2H])([2H])[2H])C([2H])([2H])[2H])cc(C(C([2H])([2H])[2H])(C([2H])([2H])[2H])C([2H])([2H])[2H])c2O)nc2c(-c3[c-]c(-c4cc(-c5ccc(C([2H])(C)C)cc5)ccn4)cc(-c4ccccc4)c3)cccc21.[Pt]. The van der Waals surface area contributed by atoms with E-state index in [1.807, 2.05) is 72.8 Å². The summed E-state index contributed by atoms with van der Waals surface area (Å²) in [5.41, 5.74) is -6.70. The Hall–Kier alpha value is -6.35. The van der Waals surface area contributed by atoms with Gasteiger partial charge in [-0.2, -0.15) is 0 Å². The number of phenolic OH excluding ortho intramolecular Hbond substituents is 1. The topological polar surface area (TPSA) is 50.9 Å². The third-order valence-corrected chi connectivity index (χ3v) is 12.6. The van der Waals surface area contributed by atoms with Gasteiger partial charge in [0.25, 0.3) is 0 Å². The van der Waals surface area contributed by atoms with E-state index in [0.29, 0.717) is 45.1 Å². The zero-order valence-corrected chi connectivity index (χ0v) is 42.3. The Balaban J connectivity index is 0.0000116. The number of phenols is 1. The second-order valence-corrected chi connectivity index (χ2v) is 18.5. The smallest absolute Gasteiger partial charge is 0.148 e. The minimum atomic E-state index is -4.29. The van der Waals surface area contributed by atoms with Crippen molar-refractivity contribution in [1.82, 2.24) is 14.5 Å². The van der Waals surface area contributed by atoms with Gasteiger partial charge in [0.1, 0.15) is 11.6 Å². The number of aromatic nitrogens is 3. The van der Waals surface area contributed by atoms with Gasteiger partial charge in [0.2, 0.25) is 0 Å². The Bertz CT molecular complexity index is 4240. The van der Waals surface area contributed by atoms with Gasteiger partial charge in [-0.3, -0.25) is 9.55 Å². The summed E-state index contributed by atoms with van der Waals surface area (Å²) in [6.45, 7) is -18.3. The molecule has 0 fully saturated rings. The van der Waals surface area contributed by atoms with Gasteiger partial charge >= 0.3 is 0 Å². The molecule has 1 N–H and O–H groups in total. The van der Waals surface area contributed by atoms with E-state index in [2.05, 4.69) is 6.07 Å². The summed E-state index contributed by atoms with van der Waals surface area (Å²) in [5, 5.41) is 13.1. The third kappa shape index (κ3) is 10.4. The van der Waals surface area contributed by atoms with E-state index in [1.165, 1.54) is 24.3 Å². The van der Waals surface area contributed by atoms with Crippen molar-refractivity contribution < 1.29 is 59.1 Å². The van der Waals surface area contributed by atoms with Crippen LogP contribution >= 0.6 is 0 Å². The van der Waals surface area contributed by atoms with Gasteiger partial charge in [0.15, 0.2) is 0 Å². The number of hydrogen-bond donors (Lipinski definition) is 1. The predicted octanol–water partition coefficient (Wildman–Crippen LogP) is 18.2. The number of imidazole rings is 1. The summed E-state index contributed by atoms with van der Waals surface area (Å²) in [6, 6.07) is 42.1. The molecule has 2 aromatic heterocycles. The Morgan fingerprint density at radius 2 is 1.20 bits per heavy atom. The molecule has 9 rings (SSSR count). The van der Waals surface area contributed by atoms with Crippen molar-refractivity contribution in [3.05, 3.63) is 191 Å². The van der Waals surface area contributed by atoms with Crippen molar-refractivity contribution in [3.63, 3.8) is 0 Å². The van der Waals surface area contributed by atoms with Crippen molar-refractivity contribution in [3.8, 4) is 78.6 Å². The van der Waals surface area contributed by atoms with E-state index < -0.39 is 110 Å². The second-order valence-electron chi connectivity index (χ2n) is 18.5. The first-order valence-corrected chi connectivity index (χ1v) is 22.8. The van der Waals surface area contributed by atoms with Crippen LogP contribution in [0.2, 0.25) is 0 Å². The quantitative estimate of drug-likeness (QED) is 0.139. The minimum absolute atomic E-state index is 0. The summed E-state index contributed by atoms with van der Waals surface area (Å²) >= 11 is 0. The van der Waals surface area contributed by atoms with Crippen LogP contribution < -0.4 is 0 Å². The fourth-order valence-electron chi connectivity index (χ4n) is 8.73. The van der Waals surface area contributed by atoms with E-state index in [-0.39, 0.29) is 55.0 Å². The molecule has 4 nitrogen and oxygen atoms in total. The molecular weight excluding hydrogens is 1050 g/mol. The molecule has 9 aromatic rings. The fraction of sp³-hybridized carbons (Fsp3) is 0.273. The molecule has 5 heteroatoms. The molecule has 0 amide bonds. The summed E-state index contributed by atoms with van der Waals surface area (Å²) in [5.74, 6) is -5.58. The zero-order valence-electron chi connectivity index (χ0n) is 64.0. The number of pyridine rings is 1. The van der Waals surface area contributed by atoms with Gasteiger partial charge in [0, 0.05) is 71.4 Å². The molecule has 0 bridgehead atoms. The van der Waals surface area contributed by atoms with E-state index in [9.17, 15) is 9.22 Å². The van der Waals surface area contributed by atoms with E-state index in [0.717, 1.165) is 26.8 Å². The number of para-hydroxylation sites is 1. The Morgan fingerprint density at radius 1 is 0.563 bits per heavy atom. The predicted molar refractivity (Wildman–Crippen MR) is 296 cm³/mol. The second kappa shape index (κ2) is 20.0. The van der Waals surface area contributed by atoms with Crippen molar-refractivity contribution in [2.24, 2.45) is 0 Å². The first kappa shape index (κ1) is 28.6. The van der Waals surface area contributed by atoms with Crippen LogP contribution in [-0.2, 0) is 31.9 Å². The number of aromatic hydroxyl groups is 1. The maximum absolute atomic E-state index is 13.1. The van der Waals surface area contributed by atoms with Crippen LogP contribution in [0.4, 0.5) is 0 Å². The minimum Gasteiger partial charge on any atom is -0.507 e. The molecule has 2 heterocycles. The average Bonchev–Trinajstić information content (AvgIpc) is 1.01. The van der Waals surface area contributed by atoms with Crippen LogP contribution in [0.1, 0.15) is 167 Å². The van der Waals surface area contributed by atoms with Crippen molar-refractivity contribution in [2.75, 3.05) is 0 Å². The van der Waals surface area contributed by atoms with Crippen LogP contribution in [-0.4, -0.2) is 19.6 Å². The summed E-state index contributed by atoms with van der Waals surface area (Å²) in [6.07, 6.45) is 1.62. The van der Waals surface area contributed by atoms with Crippen molar-refractivity contribution in [2.45, 2.75) is 118 Å². The fourth-order valence-corrected chi connectivity index (χ4v) is 8.73. The standard InChI is InChI=1S/C66H68N3O.Pt/c1-40(2)44-22-24-46(25-23-44)48-28-29-67-59(37-48)54-35-51(45-18-15-14-16-19-45)34-53(36-54)56-20-17-21-61-62(56)68-64(57-38-55(65(8,9)10)39-58(63(57)70)66(11,12)13)69(61)60-27-26-47(30-43(60)7)52-32-49(41(3)4)31-50(33-52)42(5)6;/h14-35,37-42,70H,1-13H3;/q-1;/i7D3,8D3,9D3,10D3,11D3,12D3,13D3,40D,41D,42D;. The Morgan fingerprint density at radius 3 is 1.86 bits per heavy atom. The average molecular weight is 1140 g/mol. The number of aryl methyl sites for hydroxylation is 1. The van der Waals surface area contributed by atoms with Gasteiger partial charge in [0.05, 0.1) is 22.3 Å². The Kier molecular flexibility index (Phi) is 8.08. The molecule has 364 valence electrons. The number of benzene rings is 7. The molecule has 71 heavy (non-hydrogen) atoms. The largest absolute Gasteiger partial charge is 0.507 e. The number of rotatable bonds is 10. The Labute approximate surface area is 471 Å². The van der Waals surface area contributed by atoms with Gasteiger partial charge in [-0.1, -0.05) is 202 Å². The summed E-state index contributed by atoms with van der Waals surface area (Å²) < 4.78 is 214. The van der Waals surface area contributed by atoms with Gasteiger partial charge in [-0.25, -0.2) is 4.98 Å². The molecule has 0 aliphatic rings. The third-order valence-electron chi connectivity index (χ3n) is 12.6. The van der Waals surface area contributed by atoms with Gasteiger partial charge < -0.3 is 5.11 Å². The molecule has 0 spiro atoms. The normalized spacial score (nSPS) is 18.7. The number of fused-ring (bicyclic) bond motifs is 1. The molecule has 0 unspecified atom stereocenters. The summed E-state index contributed by atoms with van der Waals surface area (Å²) in [7, 11) is 0. The van der Waals surface area contributed by atoms with Crippen molar-refractivity contribution >= 4 is 11.0 Å². The van der Waals surface area contributed by atoms with E-state index in [4.69, 9.17) is 38.8 Å². The van der Waals surface area contributed by atoms with E-state index >= 15 is 0 Å². The molecule has 0 aliphatic heterocycles. The maximum atomic E-state index is 13.1. The van der Waals surface area contributed by atoms with Crippen LogP contribution in [0.15, 0.2) is 152 Å². The van der Waals surface area contributed by atoms with E-state index in [1.54, 1.807) is 84.1 Å². The van der Waals surface area contributed by atoms with Crippen molar-refractivity contribution in [1.29, 1.82) is 0 Å². The molecule has 0 atom stereocenters. The van der Waals surface area contributed by atoms with Crippen LogP contribution in [0, 0.1) is 12.9 Å². The maximum Gasteiger partial charge on any atom is 0.148 e. The molecule has 7 aromatic carbocycles. The van der Waals surface area contributed by atoms with Crippen LogP contribution in [0.3, 0.4) is 0 Å². The first-order chi connectivity index (χ1) is 42.9. The van der Waals surface area contributed by atoms with Gasteiger partial charge in [-0.15, -0.1) is 23.8 Å². The summed E-state index contributed by atoms with van der Waals surface area (Å²) in [4.78, 5) is 9.83. The monoisotopic (exact) mass is 1140 g/mol. The zero-order chi connectivity index (χ0) is 70.1. The number of hydrogen-bond acceptors (Lipinski definition) is 3. The molecule has 0 radical (unpaired) electrons. The van der Waals surface area contributed by atoms with Crippen LogP contribution in [0.25, 0.3) is 83.9 Å². The molecule has 0 saturated carbocycles. The van der Waals surface area contributed by atoms with Crippen LogP contribution in [0.5, 0.6) is 5.75 Å². The molecule has 0 aliphatic carbocycles. The molecular formula is C66H68N3OPt-. The number of nitrogens with zero attached hydrogens (tertiary/aromatic N) is 3.